The molecule has 88 valence electrons. The SMILES string of the molecule is ClC1CCC(CNCC2CCCO2)CC1. The summed E-state index contributed by atoms with van der Waals surface area (Å²) in [5, 5.41) is 3.99. The molecule has 2 nitrogen and oxygen atoms in total. The predicted octanol–water partition coefficient (Wildman–Crippen LogP) is 2.55. The van der Waals surface area contributed by atoms with Crippen LogP contribution < -0.4 is 5.32 Å². The lowest BCUT2D eigenvalue weighted by Gasteiger charge is -2.25. The van der Waals surface area contributed by atoms with Gasteiger partial charge in [-0.1, -0.05) is 0 Å². The van der Waals surface area contributed by atoms with Crippen molar-refractivity contribution in [3.63, 3.8) is 0 Å². The first kappa shape index (κ1) is 11.7. The molecular formula is C12H22ClNO. The van der Waals surface area contributed by atoms with Crippen molar-refractivity contribution in [1.82, 2.24) is 5.32 Å². The molecule has 1 heterocycles. The van der Waals surface area contributed by atoms with Crippen molar-refractivity contribution in [2.24, 2.45) is 5.92 Å². The summed E-state index contributed by atoms with van der Waals surface area (Å²) in [6.45, 7) is 3.16. The van der Waals surface area contributed by atoms with Crippen molar-refractivity contribution in [3.8, 4) is 0 Å². The van der Waals surface area contributed by atoms with Gasteiger partial charge in [-0.15, -0.1) is 11.6 Å². The Balaban J connectivity index is 1.53. The molecule has 0 radical (unpaired) electrons. The summed E-state index contributed by atoms with van der Waals surface area (Å²) in [5.41, 5.74) is 0. The molecule has 2 rings (SSSR count). The quantitative estimate of drug-likeness (QED) is 0.751. The zero-order valence-corrected chi connectivity index (χ0v) is 10.1. The fraction of sp³-hybridized carbons (Fsp3) is 1.00. The molecule has 3 heteroatoms. The molecule has 0 spiro atoms. The average Bonchev–Trinajstić information content (AvgIpc) is 2.74. The minimum absolute atomic E-state index is 0.444. The maximum Gasteiger partial charge on any atom is 0.0700 e. The molecule has 1 atom stereocenters. The van der Waals surface area contributed by atoms with Gasteiger partial charge in [-0.05, 0) is 51.0 Å². The molecule has 0 bridgehead atoms. The highest BCUT2D eigenvalue weighted by atomic mass is 35.5. The summed E-state index contributed by atoms with van der Waals surface area (Å²) in [5.74, 6) is 0.849. The van der Waals surface area contributed by atoms with Crippen LogP contribution in [0, 0.1) is 5.92 Å². The standard InChI is InChI=1S/C12H22ClNO/c13-11-5-3-10(4-6-11)8-14-9-12-2-1-7-15-12/h10-12,14H,1-9H2. The van der Waals surface area contributed by atoms with Crippen LogP contribution in [0.25, 0.3) is 0 Å². The van der Waals surface area contributed by atoms with Crippen LogP contribution in [0.15, 0.2) is 0 Å². The second kappa shape index (κ2) is 6.07. The molecule has 1 saturated carbocycles. The van der Waals surface area contributed by atoms with Gasteiger partial charge in [0.05, 0.1) is 6.10 Å². The first-order chi connectivity index (χ1) is 7.34. The normalized spacial score (nSPS) is 37.0. The van der Waals surface area contributed by atoms with E-state index < -0.39 is 0 Å². The Labute approximate surface area is 97.7 Å². The molecule has 1 aliphatic heterocycles. The summed E-state index contributed by atoms with van der Waals surface area (Å²) < 4.78 is 5.58. The van der Waals surface area contributed by atoms with Crippen LogP contribution in [0.3, 0.4) is 0 Å². The molecule has 0 aromatic carbocycles. The zero-order valence-electron chi connectivity index (χ0n) is 9.38. The van der Waals surface area contributed by atoms with E-state index in [0.717, 1.165) is 25.6 Å². The molecule has 0 aromatic rings. The summed E-state index contributed by atoms with van der Waals surface area (Å²) in [6, 6.07) is 0. The number of hydrogen-bond acceptors (Lipinski definition) is 2. The van der Waals surface area contributed by atoms with E-state index in [4.69, 9.17) is 16.3 Å². The Morgan fingerprint density at radius 1 is 1.07 bits per heavy atom. The first-order valence-corrected chi connectivity index (χ1v) is 6.74. The molecule has 0 aromatic heterocycles. The summed E-state index contributed by atoms with van der Waals surface area (Å²) >= 11 is 6.08. The highest BCUT2D eigenvalue weighted by Gasteiger charge is 2.20. The van der Waals surface area contributed by atoms with Gasteiger partial charge in [0.2, 0.25) is 0 Å². The third-order valence-electron chi connectivity index (χ3n) is 3.61. The number of nitrogens with one attached hydrogen (secondary N) is 1. The number of alkyl halides is 1. The molecule has 0 amide bonds. The van der Waals surface area contributed by atoms with Gasteiger partial charge in [-0.2, -0.15) is 0 Å². The van der Waals surface area contributed by atoms with E-state index in [2.05, 4.69) is 5.32 Å². The minimum atomic E-state index is 0.444. The van der Waals surface area contributed by atoms with Crippen molar-refractivity contribution in [3.05, 3.63) is 0 Å². The Morgan fingerprint density at radius 2 is 1.87 bits per heavy atom. The van der Waals surface area contributed by atoms with Crippen LogP contribution in [0.2, 0.25) is 0 Å². The maximum absolute atomic E-state index is 6.08. The van der Waals surface area contributed by atoms with Crippen LogP contribution in [0.5, 0.6) is 0 Å². The highest BCUT2D eigenvalue weighted by Crippen LogP contribution is 2.26. The van der Waals surface area contributed by atoms with E-state index in [9.17, 15) is 0 Å². The van der Waals surface area contributed by atoms with Crippen LogP contribution in [0.1, 0.15) is 38.5 Å². The maximum atomic E-state index is 6.08. The van der Waals surface area contributed by atoms with Gasteiger partial charge in [-0.3, -0.25) is 0 Å². The van der Waals surface area contributed by atoms with E-state index in [1.807, 2.05) is 0 Å². The van der Waals surface area contributed by atoms with E-state index in [1.54, 1.807) is 0 Å². The van der Waals surface area contributed by atoms with Crippen molar-refractivity contribution in [1.29, 1.82) is 0 Å². The van der Waals surface area contributed by atoms with Gasteiger partial charge in [0.1, 0.15) is 0 Å². The first-order valence-electron chi connectivity index (χ1n) is 6.31. The molecule has 1 N–H and O–H groups in total. The summed E-state index contributed by atoms with van der Waals surface area (Å²) in [7, 11) is 0. The van der Waals surface area contributed by atoms with Crippen molar-refractivity contribution in [2.75, 3.05) is 19.7 Å². The Morgan fingerprint density at radius 3 is 2.53 bits per heavy atom. The second-order valence-corrected chi connectivity index (χ2v) is 5.53. The fourth-order valence-electron chi connectivity index (χ4n) is 2.58. The lowest BCUT2D eigenvalue weighted by Crippen LogP contribution is -2.32. The van der Waals surface area contributed by atoms with Crippen molar-refractivity contribution < 1.29 is 4.74 Å². The molecular weight excluding hydrogens is 210 g/mol. The zero-order chi connectivity index (χ0) is 10.5. The molecule has 2 aliphatic rings. The third kappa shape index (κ3) is 3.93. The second-order valence-electron chi connectivity index (χ2n) is 4.91. The Bertz CT molecular complexity index is 174. The van der Waals surface area contributed by atoms with Crippen LogP contribution in [0.4, 0.5) is 0 Å². The smallest absolute Gasteiger partial charge is 0.0700 e. The van der Waals surface area contributed by atoms with E-state index in [0.29, 0.717) is 11.5 Å². The average molecular weight is 232 g/mol. The van der Waals surface area contributed by atoms with Crippen LogP contribution in [-0.2, 0) is 4.74 Å². The van der Waals surface area contributed by atoms with Gasteiger partial charge >= 0.3 is 0 Å². The molecule has 1 unspecified atom stereocenters. The Hall–Kier alpha value is 0.210. The molecule has 1 aliphatic carbocycles. The number of ether oxygens (including phenoxy) is 1. The van der Waals surface area contributed by atoms with Gasteiger partial charge < -0.3 is 10.1 Å². The van der Waals surface area contributed by atoms with Crippen LogP contribution in [-0.4, -0.2) is 31.2 Å². The van der Waals surface area contributed by atoms with Crippen LogP contribution >= 0.6 is 11.6 Å². The van der Waals surface area contributed by atoms with E-state index in [-0.39, 0.29) is 0 Å². The number of hydrogen-bond donors (Lipinski definition) is 1. The highest BCUT2D eigenvalue weighted by molar-refractivity contribution is 6.20. The monoisotopic (exact) mass is 231 g/mol. The number of halogens is 1. The lowest BCUT2D eigenvalue weighted by atomic mass is 9.89. The van der Waals surface area contributed by atoms with Gasteiger partial charge in [-0.25, -0.2) is 0 Å². The predicted molar refractivity (Wildman–Crippen MR) is 63.4 cm³/mol. The van der Waals surface area contributed by atoms with Crippen molar-refractivity contribution >= 4 is 11.6 Å². The van der Waals surface area contributed by atoms with Gasteiger partial charge in [0.15, 0.2) is 0 Å². The van der Waals surface area contributed by atoms with Gasteiger partial charge in [0.25, 0.3) is 0 Å². The topological polar surface area (TPSA) is 21.3 Å². The Kier molecular flexibility index (Phi) is 4.73. The number of rotatable bonds is 4. The molecule has 1 saturated heterocycles. The molecule has 2 fully saturated rings. The largest absolute Gasteiger partial charge is 0.377 e. The third-order valence-corrected chi connectivity index (χ3v) is 4.04. The van der Waals surface area contributed by atoms with E-state index in [1.165, 1.54) is 38.5 Å². The lowest BCUT2D eigenvalue weighted by molar-refractivity contribution is 0.108. The fourth-order valence-corrected chi connectivity index (χ4v) is 2.83. The van der Waals surface area contributed by atoms with E-state index >= 15 is 0 Å². The van der Waals surface area contributed by atoms with Crippen molar-refractivity contribution in [2.45, 2.75) is 50.0 Å². The van der Waals surface area contributed by atoms with Gasteiger partial charge in [0, 0.05) is 18.5 Å². The summed E-state index contributed by atoms with van der Waals surface area (Å²) in [4.78, 5) is 0. The summed E-state index contributed by atoms with van der Waals surface area (Å²) in [6.07, 6.45) is 7.96. The molecule has 15 heavy (non-hydrogen) atoms. The minimum Gasteiger partial charge on any atom is -0.377 e.